The number of nitrogens with zero attached hydrogens (tertiary/aromatic N) is 1. The molecule has 1 aliphatic heterocycles. The summed E-state index contributed by atoms with van der Waals surface area (Å²) in [6.45, 7) is 0.789. The summed E-state index contributed by atoms with van der Waals surface area (Å²) in [6.07, 6.45) is 0.129. The molecule has 1 heterocycles. The summed E-state index contributed by atoms with van der Waals surface area (Å²) >= 11 is 10.8. The van der Waals surface area contributed by atoms with E-state index in [4.69, 9.17) is 23.8 Å². The number of nitrogens with one attached hydrogen (secondary N) is 3. The van der Waals surface area contributed by atoms with Crippen molar-refractivity contribution in [2.75, 3.05) is 6.54 Å². The lowest BCUT2D eigenvalue weighted by Crippen LogP contribution is -2.50. The van der Waals surface area contributed by atoms with E-state index in [1.54, 1.807) is 29.2 Å². The monoisotopic (exact) mass is 430 g/mol. The van der Waals surface area contributed by atoms with Gasteiger partial charge in [0.1, 0.15) is 0 Å². The van der Waals surface area contributed by atoms with E-state index < -0.39 is 11.8 Å². The summed E-state index contributed by atoms with van der Waals surface area (Å²) in [7, 11) is 0. The first-order valence-corrected chi connectivity index (χ1v) is 9.69. The van der Waals surface area contributed by atoms with E-state index in [2.05, 4.69) is 16.2 Å². The molecule has 2 aromatic carbocycles. The molecule has 1 saturated heterocycles. The molecule has 1 atom stereocenters. The van der Waals surface area contributed by atoms with Crippen molar-refractivity contribution in [3.05, 3.63) is 70.7 Å². The Morgan fingerprint density at radius 1 is 1.07 bits per heavy atom. The highest BCUT2D eigenvalue weighted by atomic mass is 35.5. The highest BCUT2D eigenvalue weighted by Crippen LogP contribution is 2.20. The minimum absolute atomic E-state index is 0.0521. The number of hydrazine groups is 1. The molecule has 0 spiro atoms. The van der Waals surface area contributed by atoms with Crippen molar-refractivity contribution in [3.8, 4) is 0 Å². The number of rotatable bonds is 4. The van der Waals surface area contributed by atoms with Crippen LogP contribution in [0.4, 0.5) is 0 Å². The second kappa shape index (κ2) is 9.49. The Balaban J connectivity index is 1.45. The number of likely N-dealkylation sites (tertiary alicyclic amines) is 1. The highest BCUT2D eigenvalue weighted by molar-refractivity contribution is 7.80. The van der Waals surface area contributed by atoms with Gasteiger partial charge in [-0.1, -0.05) is 41.9 Å². The fraction of sp³-hybridized carbons (Fsp3) is 0.200. The zero-order chi connectivity index (χ0) is 20.8. The van der Waals surface area contributed by atoms with Gasteiger partial charge in [0.25, 0.3) is 5.91 Å². The number of carbonyl (C=O) groups excluding carboxylic acids is 3. The van der Waals surface area contributed by atoms with Crippen LogP contribution in [0.15, 0.2) is 54.6 Å². The average Bonchev–Trinajstić information content (AvgIpc) is 3.08. The third-order valence-corrected chi connectivity index (χ3v) is 4.89. The van der Waals surface area contributed by atoms with Gasteiger partial charge in [-0.3, -0.25) is 30.6 Å². The number of benzene rings is 2. The maximum atomic E-state index is 12.3. The molecule has 7 nitrogen and oxygen atoms in total. The average molecular weight is 431 g/mol. The van der Waals surface area contributed by atoms with Gasteiger partial charge in [0.15, 0.2) is 5.11 Å². The number of hydrogen-bond donors (Lipinski definition) is 3. The van der Waals surface area contributed by atoms with Crippen LogP contribution in [0.2, 0.25) is 5.02 Å². The molecule has 1 unspecified atom stereocenters. The normalized spacial score (nSPS) is 15.7. The molecule has 29 heavy (non-hydrogen) atoms. The van der Waals surface area contributed by atoms with E-state index in [9.17, 15) is 14.4 Å². The largest absolute Gasteiger partial charge is 0.338 e. The van der Waals surface area contributed by atoms with Gasteiger partial charge >= 0.3 is 0 Å². The summed E-state index contributed by atoms with van der Waals surface area (Å²) < 4.78 is 0. The topological polar surface area (TPSA) is 90.5 Å². The van der Waals surface area contributed by atoms with Crippen LogP contribution in [-0.4, -0.2) is 34.3 Å². The number of hydrogen-bond acceptors (Lipinski definition) is 4. The maximum absolute atomic E-state index is 12.3. The van der Waals surface area contributed by atoms with E-state index in [-0.39, 0.29) is 23.3 Å². The van der Waals surface area contributed by atoms with E-state index in [1.807, 2.05) is 30.3 Å². The van der Waals surface area contributed by atoms with Crippen LogP contribution in [-0.2, 0) is 16.1 Å². The Kier molecular flexibility index (Phi) is 6.79. The Hall–Kier alpha value is -2.97. The van der Waals surface area contributed by atoms with Gasteiger partial charge < -0.3 is 4.90 Å². The van der Waals surface area contributed by atoms with Crippen molar-refractivity contribution in [2.45, 2.75) is 13.0 Å². The first-order valence-electron chi connectivity index (χ1n) is 8.91. The predicted octanol–water partition coefficient (Wildman–Crippen LogP) is 2.02. The molecule has 1 aliphatic rings. The first kappa shape index (κ1) is 20.8. The lowest BCUT2D eigenvalue weighted by Gasteiger charge is -2.17. The van der Waals surface area contributed by atoms with Crippen molar-refractivity contribution >= 4 is 46.7 Å². The zero-order valence-corrected chi connectivity index (χ0v) is 16.9. The summed E-state index contributed by atoms with van der Waals surface area (Å²) in [6, 6.07) is 15.9. The summed E-state index contributed by atoms with van der Waals surface area (Å²) in [5, 5.41) is 2.92. The van der Waals surface area contributed by atoms with Crippen LogP contribution < -0.4 is 16.2 Å². The zero-order valence-electron chi connectivity index (χ0n) is 15.4. The van der Waals surface area contributed by atoms with Gasteiger partial charge in [0.05, 0.1) is 5.92 Å². The lowest BCUT2D eigenvalue weighted by atomic mass is 10.1. The van der Waals surface area contributed by atoms with Crippen molar-refractivity contribution in [1.82, 2.24) is 21.1 Å². The van der Waals surface area contributed by atoms with Crippen LogP contribution in [0, 0.1) is 5.92 Å². The molecule has 9 heteroatoms. The Morgan fingerprint density at radius 2 is 1.76 bits per heavy atom. The van der Waals surface area contributed by atoms with Crippen molar-refractivity contribution in [2.24, 2.45) is 5.92 Å². The summed E-state index contributed by atoms with van der Waals surface area (Å²) in [4.78, 5) is 38.3. The Bertz CT molecular complexity index is 921. The highest BCUT2D eigenvalue weighted by Gasteiger charge is 2.34. The third-order valence-electron chi connectivity index (χ3n) is 4.43. The van der Waals surface area contributed by atoms with Gasteiger partial charge in [0.2, 0.25) is 11.8 Å². The molecule has 0 aliphatic carbocycles. The first-order chi connectivity index (χ1) is 13.9. The molecule has 3 amide bonds. The molecule has 0 aromatic heterocycles. The second-order valence-corrected chi connectivity index (χ2v) is 7.41. The maximum Gasteiger partial charge on any atom is 0.257 e. The minimum Gasteiger partial charge on any atom is -0.338 e. The van der Waals surface area contributed by atoms with E-state index in [1.165, 1.54) is 0 Å². The summed E-state index contributed by atoms with van der Waals surface area (Å²) in [5.41, 5.74) is 6.33. The smallest absolute Gasteiger partial charge is 0.257 e. The third kappa shape index (κ3) is 5.75. The molecule has 0 radical (unpaired) electrons. The molecular weight excluding hydrogens is 412 g/mol. The van der Waals surface area contributed by atoms with E-state index >= 15 is 0 Å². The summed E-state index contributed by atoms with van der Waals surface area (Å²) in [5.74, 6) is -1.36. The van der Waals surface area contributed by atoms with Crippen LogP contribution >= 0.6 is 23.8 Å². The SMILES string of the molecule is O=C(NC(=S)NNC(=O)C1CC(=O)N(Cc2ccccc2)C1)c1ccc(Cl)cc1. The second-order valence-electron chi connectivity index (χ2n) is 6.57. The number of halogens is 1. The minimum atomic E-state index is -0.492. The van der Waals surface area contributed by atoms with E-state index in [0.29, 0.717) is 23.7 Å². The number of thiocarbonyl (C=S) groups is 1. The van der Waals surface area contributed by atoms with Gasteiger partial charge in [0, 0.05) is 30.1 Å². The van der Waals surface area contributed by atoms with Crippen LogP contribution in [0.3, 0.4) is 0 Å². The Labute approximate surface area is 178 Å². The van der Waals surface area contributed by atoms with Crippen molar-refractivity contribution in [3.63, 3.8) is 0 Å². The molecule has 3 N–H and O–H groups in total. The molecule has 150 valence electrons. The molecule has 1 fully saturated rings. The fourth-order valence-electron chi connectivity index (χ4n) is 2.93. The molecule has 2 aromatic rings. The van der Waals surface area contributed by atoms with Crippen LogP contribution in [0.1, 0.15) is 22.3 Å². The number of amides is 3. The Morgan fingerprint density at radius 3 is 2.45 bits per heavy atom. The van der Waals surface area contributed by atoms with Crippen molar-refractivity contribution < 1.29 is 14.4 Å². The molecular formula is C20H19ClN4O3S. The quantitative estimate of drug-likeness (QED) is 0.510. The number of carbonyl (C=O) groups is 3. The standard InChI is InChI=1S/C20H19ClN4O3S/c21-16-8-6-14(7-9-16)18(27)22-20(29)24-23-19(28)15-10-17(26)25(12-15)11-13-4-2-1-3-5-13/h1-9,15H,10-12H2,(H,23,28)(H2,22,24,27,29). The molecule has 3 rings (SSSR count). The predicted molar refractivity (Wildman–Crippen MR) is 113 cm³/mol. The van der Waals surface area contributed by atoms with E-state index in [0.717, 1.165) is 5.56 Å². The van der Waals surface area contributed by atoms with Gasteiger partial charge in [-0.2, -0.15) is 0 Å². The van der Waals surface area contributed by atoms with Gasteiger partial charge in [-0.25, -0.2) is 0 Å². The molecule has 0 bridgehead atoms. The van der Waals surface area contributed by atoms with Crippen LogP contribution in [0.5, 0.6) is 0 Å². The van der Waals surface area contributed by atoms with Crippen LogP contribution in [0.25, 0.3) is 0 Å². The molecule has 0 saturated carbocycles. The van der Waals surface area contributed by atoms with Gasteiger partial charge in [-0.15, -0.1) is 0 Å². The fourth-order valence-corrected chi connectivity index (χ4v) is 3.20. The lowest BCUT2D eigenvalue weighted by molar-refractivity contribution is -0.129. The van der Waals surface area contributed by atoms with Gasteiger partial charge in [-0.05, 0) is 42.0 Å². The van der Waals surface area contributed by atoms with Crippen molar-refractivity contribution in [1.29, 1.82) is 0 Å².